The number of aromatic nitrogens is 2. The summed E-state index contributed by atoms with van der Waals surface area (Å²) in [6, 6.07) is 12.6. The van der Waals surface area contributed by atoms with Gasteiger partial charge in [0, 0.05) is 29.1 Å². The molecule has 2 aromatic carbocycles. The predicted octanol–water partition coefficient (Wildman–Crippen LogP) is 4.07. The maximum atomic E-state index is 12.3. The fraction of sp³-hybridized carbons (Fsp3) is 0.250. The summed E-state index contributed by atoms with van der Waals surface area (Å²) in [7, 11) is 0. The molecule has 3 aromatic rings. The molecular formula is C20H20ClN3O3. The van der Waals surface area contributed by atoms with E-state index in [1.165, 1.54) is 0 Å². The highest BCUT2D eigenvalue weighted by Crippen LogP contribution is 2.20. The van der Waals surface area contributed by atoms with Crippen LogP contribution in [0.15, 0.2) is 47.0 Å². The van der Waals surface area contributed by atoms with E-state index in [-0.39, 0.29) is 5.91 Å². The zero-order valence-electron chi connectivity index (χ0n) is 15.2. The Hall–Kier alpha value is -2.86. The Bertz CT molecular complexity index is 922. The van der Waals surface area contributed by atoms with Crippen molar-refractivity contribution in [2.24, 2.45) is 0 Å². The van der Waals surface area contributed by atoms with Crippen molar-refractivity contribution in [3.63, 3.8) is 0 Å². The number of nitrogens with zero attached hydrogens (tertiary/aromatic N) is 2. The summed E-state index contributed by atoms with van der Waals surface area (Å²) in [5.74, 6) is 1.59. The SMILES string of the molecule is CCOc1ccc(C(=O)NCCc2nc(-c3ccc(Cl)cc3)no2)cc1C. The molecule has 0 aliphatic heterocycles. The lowest BCUT2D eigenvalue weighted by molar-refractivity contribution is 0.0953. The molecular weight excluding hydrogens is 366 g/mol. The van der Waals surface area contributed by atoms with E-state index in [9.17, 15) is 4.79 Å². The minimum atomic E-state index is -0.154. The van der Waals surface area contributed by atoms with Crippen LogP contribution in [0.2, 0.25) is 5.02 Å². The first-order valence-electron chi connectivity index (χ1n) is 8.67. The van der Waals surface area contributed by atoms with Gasteiger partial charge in [-0.05, 0) is 61.9 Å². The number of carbonyl (C=O) groups is 1. The van der Waals surface area contributed by atoms with Gasteiger partial charge in [0.15, 0.2) is 0 Å². The Morgan fingerprint density at radius 3 is 2.70 bits per heavy atom. The van der Waals surface area contributed by atoms with Gasteiger partial charge in [-0.15, -0.1) is 0 Å². The predicted molar refractivity (Wildman–Crippen MR) is 103 cm³/mol. The number of hydrogen-bond acceptors (Lipinski definition) is 5. The molecule has 0 bridgehead atoms. The fourth-order valence-electron chi connectivity index (χ4n) is 2.57. The van der Waals surface area contributed by atoms with E-state index >= 15 is 0 Å². The van der Waals surface area contributed by atoms with Crippen LogP contribution in [0.4, 0.5) is 0 Å². The number of benzene rings is 2. The van der Waals surface area contributed by atoms with E-state index in [0.717, 1.165) is 16.9 Å². The summed E-state index contributed by atoms with van der Waals surface area (Å²) in [6.45, 7) is 4.83. The highest BCUT2D eigenvalue weighted by Gasteiger charge is 2.11. The summed E-state index contributed by atoms with van der Waals surface area (Å²) in [6.07, 6.45) is 0.447. The van der Waals surface area contributed by atoms with Gasteiger partial charge in [-0.25, -0.2) is 0 Å². The van der Waals surface area contributed by atoms with Crippen molar-refractivity contribution in [2.45, 2.75) is 20.3 Å². The third kappa shape index (κ3) is 4.86. The lowest BCUT2D eigenvalue weighted by atomic mass is 10.1. The minimum absolute atomic E-state index is 0.154. The van der Waals surface area contributed by atoms with Gasteiger partial charge in [-0.3, -0.25) is 4.79 Å². The van der Waals surface area contributed by atoms with Gasteiger partial charge >= 0.3 is 0 Å². The lowest BCUT2D eigenvalue weighted by Crippen LogP contribution is -2.25. The molecule has 1 N–H and O–H groups in total. The summed E-state index contributed by atoms with van der Waals surface area (Å²) in [4.78, 5) is 16.6. The van der Waals surface area contributed by atoms with Gasteiger partial charge in [0.25, 0.3) is 5.91 Å². The van der Waals surface area contributed by atoms with Crippen molar-refractivity contribution >= 4 is 17.5 Å². The van der Waals surface area contributed by atoms with Gasteiger partial charge in [-0.1, -0.05) is 16.8 Å². The molecule has 0 aliphatic rings. The Kier molecular flexibility index (Phi) is 6.08. The Morgan fingerprint density at radius 2 is 2.00 bits per heavy atom. The van der Waals surface area contributed by atoms with Gasteiger partial charge in [-0.2, -0.15) is 4.98 Å². The van der Waals surface area contributed by atoms with Crippen LogP contribution in [0, 0.1) is 6.92 Å². The number of halogens is 1. The lowest BCUT2D eigenvalue weighted by Gasteiger charge is -2.09. The van der Waals surface area contributed by atoms with E-state index in [2.05, 4.69) is 15.5 Å². The number of ether oxygens (including phenoxy) is 1. The van der Waals surface area contributed by atoms with Crippen molar-refractivity contribution in [3.05, 3.63) is 64.5 Å². The largest absolute Gasteiger partial charge is 0.494 e. The first-order valence-corrected chi connectivity index (χ1v) is 9.05. The third-order valence-corrected chi connectivity index (χ3v) is 4.18. The second-order valence-electron chi connectivity index (χ2n) is 5.94. The highest BCUT2D eigenvalue weighted by molar-refractivity contribution is 6.30. The first-order chi connectivity index (χ1) is 13.1. The molecule has 7 heteroatoms. The van der Waals surface area contributed by atoms with E-state index in [4.69, 9.17) is 20.9 Å². The van der Waals surface area contributed by atoms with Crippen LogP contribution in [0.25, 0.3) is 11.4 Å². The average molecular weight is 386 g/mol. The van der Waals surface area contributed by atoms with Gasteiger partial charge in [0.2, 0.25) is 11.7 Å². The molecule has 0 spiro atoms. The van der Waals surface area contributed by atoms with Crippen molar-refractivity contribution in [1.29, 1.82) is 0 Å². The van der Waals surface area contributed by atoms with Gasteiger partial charge < -0.3 is 14.6 Å². The molecule has 0 aliphatic carbocycles. The Morgan fingerprint density at radius 1 is 1.22 bits per heavy atom. The molecule has 0 radical (unpaired) electrons. The second kappa shape index (κ2) is 8.68. The molecule has 0 saturated carbocycles. The molecule has 27 heavy (non-hydrogen) atoms. The van der Waals surface area contributed by atoms with Gasteiger partial charge in [0.05, 0.1) is 6.61 Å². The Labute approximate surface area is 162 Å². The maximum absolute atomic E-state index is 12.3. The van der Waals surface area contributed by atoms with Crippen LogP contribution < -0.4 is 10.1 Å². The summed E-state index contributed by atoms with van der Waals surface area (Å²) >= 11 is 5.88. The molecule has 1 heterocycles. The van der Waals surface area contributed by atoms with E-state index in [0.29, 0.717) is 41.9 Å². The third-order valence-electron chi connectivity index (χ3n) is 3.93. The number of rotatable bonds is 7. The van der Waals surface area contributed by atoms with E-state index in [1.807, 2.05) is 38.1 Å². The molecule has 0 unspecified atom stereocenters. The number of amides is 1. The minimum Gasteiger partial charge on any atom is -0.494 e. The van der Waals surface area contributed by atoms with Crippen molar-refractivity contribution in [2.75, 3.05) is 13.2 Å². The fourth-order valence-corrected chi connectivity index (χ4v) is 2.69. The molecule has 3 rings (SSSR count). The van der Waals surface area contributed by atoms with Crippen LogP contribution in [-0.4, -0.2) is 29.2 Å². The molecule has 0 fully saturated rings. The second-order valence-corrected chi connectivity index (χ2v) is 6.37. The quantitative estimate of drug-likeness (QED) is 0.663. The van der Waals surface area contributed by atoms with Crippen LogP contribution in [0.1, 0.15) is 28.7 Å². The summed E-state index contributed by atoms with van der Waals surface area (Å²) in [5.41, 5.74) is 2.33. The van der Waals surface area contributed by atoms with Crippen LogP contribution in [-0.2, 0) is 6.42 Å². The average Bonchev–Trinajstić information content (AvgIpc) is 3.13. The van der Waals surface area contributed by atoms with Gasteiger partial charge in [0.1, 0.15) is 5.75 Å². The van der Waals surface area contributed by atoms with Crippen LogP contribution >= 0.6 is 11.6 Å². The first kappa shape index (κ1) is 18.9. The maximum Gasteiger partial charge on any atom is 0.251 e. The molecule has 6 nitrogen and oxygen atoms in total. The monoisotopic (exact) mass is 385 g/mol. The molecule has 1 aromatic heterocycles. The standard InChI is InChI=1S/C20H20ClN3O3/c1-3-26-17-9-6-15(12-13(17)2)20(25)22-11-10-18-23-19(24-27-18)14-4-7-16(21)8-5-14/h4-9,12H,3,10-11H2,1-2H3,(H,22,25). The Balaban J connectivity index is 1.54. The number of hydrogen-bond donors (Lipinski definition) is 1. The highest BCUT2D eigenvalue weighted by atomic mass is 35.5. The number of nitrogens with one attached hydrogen (secondary N) is 1. The normalized spacial score (nSPS) is 10.6. The molecule has 0 atom stereocenters. The van der Waals surface area contributed by atoms with E-state index < -0.39 is 0 Å². The summed E-state index contributed by atoms with van der Waals surface area (Å²) in [5, 5.41) is 7.46. The van der Waals surface area contributed by atoms with E-state index in [1.54, 1.807) is 18.2 Å². The molecule has 0 saturated heterocycles. The number of carbonyl (C=O) groups excluding carboxylic acids is 1. The van der Waals surface area contributed by atoms with Crippen molar-refractivity contribution < 1.29 is 14.1 Å². The van der Waals surface area contributed by atoms with Crippen molar-refractivity contribution in [1.82, 2.24) is 15.5 Å². The zero-order valence-corrected chi connectivity index (χ0v) is 15.9. The smallest absolute Gasteiger partial charge is 0.251 e. The zero-order chi connectivity index (χ0) is 19.2. The van der Waals surface area contributed by atoms with Crippen LogP contribution in [0.3, 0.4) is 0 Å². The summed E-state index contributed by atoms with van der Waals surface area (Å²) < 4.78 is 10.7. The topological polar surface area (TPSA) is 77.2 Å². The molecule has 1 amide bonds. The van der Waals surface area contributed by atoms with Crippen molar-refractivity contribution in [3.8, 4) is 17.1 Å². The van der Waals surface area contributed by atoms with Crippen LogP contribution in [0.5, 0.6) is 5.75 Å². The number of aryl methyl sites for hydroxylation is 1. The molecule has 140 valence electrons.